The van der Waals surface area contributed by atoms with Gasteiger partial charge in [-0.05, 0) is 48.3 Å². The number of rotatable bonds is 7. The molecule has 7 nitrogen and oxygen atoms in total. The molecular weight excluding hydrogens is 260 g/mol. The molecule has 7 heteroatoms. The van der Waals surface area contributed by atoms with E-state index in [0.29, 0.717) is 6.10 Å². The predicted molar refractivity (Wildman–Crippen MR) is 75.8 cm³/mol. The van der Waals surface area contributed by atoms with Gasteiger partial charge in [0.25, 0.3) is 0 Å². The van der Waals surface area contributed by atoms with E-state index < -0.39 is 4.92 Å². The van der Waals surface area contributed by atoms with E-state index in [1.807, 2.05) is 0 Å². The first-order valence-electron chi connectivity index (χ1n) is 6.92. The Bertz CT molecular complexity index is 418. The zero-order valence-corrected chi connectivity index (χ0v) is 11.4. The highest BCUT2D eigenvalue weighted by Gasteiger charge is 2.12. The van der Waals surface area contributed by atoms with E-state index in [4.69, 9.17) is 4.74 Å². The number of aromatic nitrogens is 1. The molecule has 0 amide bonds. The topological polar surface area (TPSA) is 89.3 Å². The number of pyridine rings is 1. The van der Waals surface area contributed by atoms with E-state index in [2.05, 4.69) is 15.6 Å². The van der Waals surface area contributed by atoms with Crippen LogP contribution in [-0.2, 0) is 4.74 Å². The lowest BCUT2D eigenvalue weighted by atomic mass is 10.1. The van der Waals surface area contributed by atoms with Gasteiger partial charge in [-0.2, -0.15) is 0 Å². The van der Waals surface area contributed by atoms with E-state index >= 15 is 0 Å². The van der Waals surface area contributed by atoms with Crippen molar-refractivity contribution in [2.75, 3.05) is 31.6 Å². The Balaban J connectivity index is 1.59. The molecule has 20 heavy (non-hydrogen) atoms. The molecule has 2 heterocycles. The van der Waals surface area contributed by atoms with Crippen LogP contribution >= 0.6 is 0 Å². The molecule has 2 rings (SSSR count). The number of nitrogens with one attached hydrogen (secondary N) is 2. The number of anilines is 1. The van der Waals surface area contributed by atoms with Gasteiger partial charge in [-0.3, -0.25) is 0 Å². The highest BCUT2D eigenvalue weighted by Crippen LogP contribution is 2.11. The van der Waals surface area contributed by atoms with E-state index in [0.717, 1.165) is 51.2 Å². The second kappa shape index (κ2) is 7.76. The van der Waals surface area contributed by atoms with Gasteiger partial charge in [0.2, 0.25) is 0 Å². The summed E-state index contributed by atoms with van der Waals surface area (Å²) < 4.78 is 5.79. The average Bonchev–Trinajstić information content (AvgIpc) is 2.48. The molecule has 1 aliphatic rings. The zero-order chi connectivity index (χ0) is 14.2. The van der Waals surface area contributed by atoms with Crippen LogP contribution in [0.3, 0.4) is 0 Å². The Labute approximate surface area is 117 Å². The van der Waals surface area contributed by atoms with Crippen LogP contribution in [0.1, 0.15) is 19.3 Å². The maximum Gasteiger partial charge on any atom is 0.363 e. The van der Waals surface area contributed by atoms with Gasteiger partial charge in [0.05, 0.1) is 11.8 Å². The third kappa shape index (κ3) is 4.75. The number of hydrogen-bond donors (Lipinski definition) is 2. The van der Waals surface area contributed by atoms with Crippen LogP contribution in [0.5, 0.6) is 0 Å². The Morgan fingerprint density at radius 2 is 2.25 bits per heavy atom. The van der Waals surface area contributed by atoms with Crippen molar-refractivity contribution >= 4 is 11.5 Å². The van der Waals surface area contributed by atoms with Crippen molar-refractivity contribution in [3.8, 4) is 0 Å². The molecule has 1 saturated heterocycles. The van der Waals surface area contributed by atoms with Gasteiger partial charge in [0, 0.05) is 19.2 Å². The highest BCUT2D eigenvalue weighted by atomic mass is 16.6. The number of ether oxygens (including phenoxy) is 1. The lowest BCUT2D eigenvalue weighted by molar-refractivity contribution is -0.389. The lowest BCUT2D eigenvalue weighted by Gasteiger charge is -2.22. The monoisotopic (exact) mass is 280 g/mol. The van der Waals surface area contributed by atoms with Crippen molar-refractivity contribution in [1.29, 1.82) is 0 Å². The van der Waals surface area contributed by atoms with Gasteiger partial charge in [-0.1, -0.05) is 0 Å². The summed E-state index contributed by atoms with van der Waals surface area (Å²) in [4.78, 5) is 13.7. The molecule has 0 bridgehead atoms. The Hall–Kier alpha value is -1.73. The van der Waals surface area contributed by atoms with Crippen molar-refractivity contribution in [1.82, 2.24) is 10.3 Å². The summed E-state index contributed by atoms with van der Waals surface area (Å²) in [7, 11) is 0. The van der Waals surface area contributed by atoms with Crippen LogP contribution in [0.4, 0.5) is 11.5 Å². The minimum Gasteiger partial charge on any atom is -0.382 e. The van der Waals surface area contributed by atoms with Crippen LogP contribution in [0.2, 0.25) is 0 Å². The highest BCUT2D eigenvalue weighted by molar-refractivity contribution is 5.43. The van der Waals surface area contributed by atoms with E-state index in [1.165, 1.54) is 12.3 Å². The molecule has 0 aliphatic carbocycles. The Kier molecular flexibility index (Phi) is 5.69. The Morgan fingerprint density at radius 1 is 1.45 bits per heavy atom. The first kappa shape index (κ1) is 14.7. The molecule has 0 spiro atoms. The number of nitro groups is 1. The minimum atomic E-state index is -0.503. The second-order valence-electron chi connectivity index (χ2n) is 4.76. The fourth-order valence-electron chi connectivity index (χ4n) is 2.12. The molecule has 1 aromatic heterocycles. The van der Waals surface area contributed by atoms with Crippen LogP contribution < -0.4 is 10.6 Å². The quantitative estimate of drug-likeness (QED) is 0.447. The summed E-state index contributed by atoms with van der Waals surface area (Å²) in [5.74, 6) is -0.134. The number of piperidine rings is 1. The summed E-state index contributed by atoms with van der Waals surface area (Å²) in [6.45, 7) is 3.58. The maximum atomic E-state index is 10.5. The molecule has 1 aliphatic heterocycles. The van der Waals surface area contributed by atoms with Gasteiger partial charge in [-0.15, -0.1) is 0 Å². The Morgan fingerprint density at radius 3 is 2.90 bits per heavy atom. The summed E-state index contributed by atoms with van der Waals surface area (Å²) in [5, 5.41) is 16.9. The average molecular weight is 280 g/mol. The summed E-state index contributed by atoms with van der Waals surface area (Å²) in [6.07, 6.45) is 4.93. The van der Waals surface area contributed by atoms with E-state index in [1.54, 1.807) is 6.07 Å². The van der Waals surface area contributed by atoms with Gasteiger partial charge >= 0.3 is 5.82 Å². The third-order valence-electron chi connectivity index (χ3n) is 3.22. The lowest BCUT2D eigenvalue weighted by Crippen LogP contribution is -2.32. The van der Waals surface area contributed by atoms with Gasteiger partial charge in [-0.25, -0.2) is 0 Å². The minimum absolute atomic E-state index is 0.134. The van der Waals surface area contributed by atoms with Gasteiger partial charge in [0.15, 0.2) is 6.20 Å². The molecule has 1 aromatic rings. The van der Waals surface area contributed by atoms with Gasteiger partial charge < -0.3 is 25.5 Å². The molecule has 2 N–H and O–H groups in total. The SMILES string of the molecule is O=[N+]([O-])c1ccc(NCCCOC2CCNCC2)cn1. The number of nitrogens with zero attached hydrogens (tertiary/aromatic N) is 2. The standard InChI is InChI=1S/C13H20N4O3/c18-17(19)13-3-2-11(10-16-13)15-6-1-9-20-12-4-7-14-8-5-12/h2-3,10,12,14-15H,1,4-9H2. The molecule has 0 unspecified atom stereocenters. The smallest absolute Gasteiger partial charge is 0.363 e. The molecular formula is C13H20N4O3. The number of hydrogen-bond acceptors (Lipinski definition) is 6. The predicted octanol–water partition coefficient (Wildman–Crippen LogP) is 1.56. The molecule has 0 atom stereocenters. The normalized spacial score (nSPS) is 16.0. The zero-order valence-electron chi connectivity index (χ0n) is 11.4. The molecule has 0 saturated carbocycles. The largest absolute Gasteiger partial charge is 0.382 e. The van der Waals surface area contributed by atoms with E-state index in [9.17, 15) is 10.1 Å². The third-order valence-corrected chi connectivity index (χ3v) is 3.22. The second-order valence-corrected chi connectivity index (χ2v) is 4.76. The fourth-order valence-corrected chi connectivity index (χ4v) is 2.12. The van der Waals surface area contributed by atoms with Crippen molar-refractivity contribution in [2.45, 2.75) is 25.4 Å². The first-order valence-corrected chi connectivity index (χ1v) is 6.92. The molecule has 0 radical (unpaired) electrons. The van der Waals surface area contributed by atoms with Crippen LogP contribution in [-0.4, -0.2) is 42.3 Å². The molecule has 110 valence electrons. The maximum absolute atomic E-state index is 10.5. The molecule has 1 fully saturated rings. The van der Waals surface area contributed by atoms with Crippen LogP contribution in [0.15, 0.2) is 18.3 Å². The summed E-state index contributed by atoms with van der Waals surface area (Å²) in [6, 6.07) is 3.06. The van der Waals surface area contributed by atoms with E-state index in [-0.39, 0.29) is 5.82 Å². The van der Waals surface area contributed by atoms with Gasteiger partial charge in [0.1, 0.15) is 0 Å². The van der Waals surface area contributed by atoms with Crippen LogP contribution in [0, 0.1) is 10.1 Å². The summed E-state index contributed by atoms with van der Waals surface area (Å²) in [5.41, 5.74) is 0.789. The van der Waals surface area contributed by atoms with Crippen molar-refractivity contribution < 1.29 is 9.66 Å². The first-order chi connectivity index (χ1) is 9.75. The molecule has 0 aromatic carbocycles. The van der Waals surface area contributed by atoms with Crippen molar-refractivity contribution in [3.63, 3.8) is 0 Å². The fraction of sp³-hybridized carbons (Fsp3) is 0.615. The van der Waals surface area contributed by atoms with Crippen molar-refractivity contribution in [2.24, 2.45) is 0 Å². The van der Waals surface area contributed by atoms with Crippen molar-refractivity contribution in [3.05, 3.63) is 28.4 Å². The van der Waals surface area contributed by atoms with Crippen LogP contribution in [0.25, 0.3) is 0 Å². The summed E-state index contributed by atoms with van der Waals surface area (Å²) >= 11 is 0.